The largest absolute Gasteiger partial charge is 0.346 e. The van der Waals surface area contributed by atoms with Crippen LogP contribution in [0.25, 0.3) is 0 Å². The van der Waals surface area contributed by atoms with Gasteiger partial charge in [0.1, 0.15) is 0 Å². The molecule has 0 saturated carbocycles. The Morgan fingerprint density at radius 3 is 2.30 bits per heavy atom. The highest BCUT2D eigenvalue weighted by Crippen LogP contribution is 2.22. The van der Waals surface area contributed by atoms with Gasteiger partial charge in [-0.2, -0.15) is 0 Å². The molecule has 2 aromatic rings. The highest BCUT2D eigenvalue weighted by molar-refractivity contribution is 8.13. The molecule has 120 valence electrons. The van der Waals surface area contributed by atoms with E-state index in [4.69, 9.17) is 0 Å². The number of aryl methyl sites for hydroxylation is 2. The highest BCUT2D eigenvalue weighted by Gasteiger charge is 2.20. The Hall–Kier alpha value is -2.07. The summed E-state index contributed by atoms with van der Waals surface area (Å²) < 4.78 is 0. The fourth-order valence-corrected chi connectivity index (χ4v) is 3.07. The molecule has 2 rings (SSSR count). The van der Waals surface area contributed by atoms with Gasteiger partial charge in [-0.3, -0.25) is 9.59 Å². The molecule has 0 heterocycles. The van der Waals surface area contributed by atoms with Gasteiger partial charge in [0.15, 0.2) is 0 Å². The number of hydrogen-bond acceptors (Lipinski definition) is 3. The number of benzene rings is 2. The summed E-state index contributed by atoms with van der Waals surface area (Å²) in [6, 6.07) is 17.3. The molecule has 1 unspecified atom stereocenters. The molecule has 0 aliphatic rings. The first kappa shape index (κ1) is 17.3. The van der Waals surface area contributed by atoms with Gasteiger partial charge in [0.25, 0.3) is 0 Å². The van der Waals surface area contributed by atoms with Crippen molar-refractivity contribution in [1.29, 1.82) is 0 Å². The third-order valence-corrected chi connectivity index (χ3v) is 4.46. The summed E-state index contributed by atoms with van der Waals surface area (Å²) in [4.78, 5) is 24.8. The van der Waals surface area contributed by atoms with Crippen LogP contribution in [0.5, 0.6) is 0 Å². The van der Waals surface area contributed by atoms with Crippen LogP contribution in [0.2, 0.25) is 0 Å². The molecule has 0 aliphatic heterocycles. The Kier molecular flexibility index (Phi) is 6.41. The van der Waals surface area contributed by atoms with E-state index < -0.39 is 6.04 Å². The van der Waals surface area contributed by atoms with Crippen LogP contribution in [0.4, 0.5) is 0 Å². The Labute approximate surface area is 141 Å². The standard InChI is InChI=1S/C19H21NO2S/c1-14-8-11-17(12-9-14)23-19(22)18(20-15(2)21)13-10-16-6-4-3-5-7-16/h3-9,11-12,18H,10,13H2,1-2H3,(H,20,21). The zero-order valence-corrected chi connectivity index (χ0v) is 14.2. The lowest BCUT2D eigenvalue weighted by atomic mass is 10.1. The average molecular weight is 327 g/mol. The van der Waals surface area contributed by atoms with Crippen LogP contribution < -0.4 is 5.32 Å². The quantitative estimate of drug-likeness (QED) is 0.822. The maximum atomic E-state index is 12.5. The molecule has 2 aromatic carbocycles. The monoisotopic (exact) mass is 327 g/mol. The summed E-state index contributed by atoms with van der Waals surface area (Å²) in [6.45, 7) is 3.45. The first-order valence-electron chi connectivity index (χ1n) is 7.64. The molecule has 3 nitrogen and oxygen atoms in total. The molecule has 4 heteroatoms. The molecule has 1 N–H and O–H groups in total. The molecule has 0 aromatic heterocycles. The zero-order valence-electron chi connectivity index (χ0n) is 13.4. The predicted octanol–water partition coefficient (Wildman–Crippen LogP) is 3.75. The minimum absolute atomic E-state index is 0.0278. The molecular weight excluding hydrogens is 306 g/mol. The average Bonchev–Trinajstić information content (AvgIpc) is 2.54. The van der Waals surface area contributed by atoms with Gasteiger partial charge in [-0.05, 0) is 49.2 Å². The molecule has 1 atom stereocenters. The minimum atomic E-state index is -0.473. The maximum absolute atomic E-state index is 12.5. The van der Waals surface area contributed by atoms with Gasteiger partial charge in [-0.1, -0.05) is 48.0 Å². The normalized spacial score (nSPS) is 11.7. The number of thioether (sulfide) groups is 1. The third-order valence-electron chi connectivity index (χ3n) is 3.47. The molecule has 0 aliphatic carbocycles. The number of amides is 1. The van der Waals surface area contributed by atoms with Gasteiger partial charge >= 0.3 is 0 Å². The van der Waals surface area contributed by atoms with Crippen molar-refractivity contribution in [2.75, 3.05) is 0 Å². The van der Waals surface area contributed by atoms with Crippen LogP contribution in [0, 0.1) is 6.92 Å². The van der Waals surface area contributed by atoms with Crippen LogP contribution in [-0.4, -0.2) is 17.1 Å². The van der Waals surface area contributed by atoms with Crippen molar-refractivity contribution in [2.24, 2.45) is 0 Å². The highest BCUT2D eigenvalue weighted by atomic mass is 32.2. The fourth-order valence-electron chi connectivity index (χ4n) is 2.24. The fraction of sp³-hybridized carbons (Fsp3) is 0.263. The minimum Gasteiger partial charge on any atom is -0.346 e. The van der Waals surface area contributed by atoms with Gasteiger partial charge in [0, 0.05) is 11.8 Å². The van der Waals surface area contributed by atoms with Crippen molar-refractivity contribution in [3.8, 4) is 0 Å². The Bertz CT molecular complexity index is 653. The second-order valence-corrected chi connectivity index (χ2v) is 6.59. The molecule has 0 bridgehead atoms. The Morgan fingerprint density at radius 2 is 1.70 bits per heavy atom. The van der Waals surface area contributed by atoms with E-state index in [0.717, 1.165) is 22.4 Å². The Balaban J connectivity index is 2.00. The Morgan fingerprint density at radius 1 is 1.04 bits per heavy atom. The first-order chi connectivity index (χ1) is 11.0. The molecular formula is C19H21NO2S. The van der Waals surface area contributed by atoms with Crippen molar-refractivity contribution in [2.45, 2.75) is 37.6 Å². The summed E-state index contributed by atoms with van der Waals surface area (Å²) >= 11 is 1.18. The van der Waals surface area contributed by atoms with Gasteiger partial charge in [0.2, 0.25) is 11.0 Å². The second-order valence-electron chi connectivity index (χ2n) is 5.51. The van der Waals surface area contributed by atoms with Crippen LogP contribution in [0.1, 0.15) is 24.5 Å². The number of nitrogens with one attached hydrogen (secondary N) is 1. The number of carbonyl (C=O) groups excluding carboxylic acids is 2. The summed E-state index contributed by atoms with van der Waals surface area (Å²) in [5.74, 6) is -0.180. The molecule has 0 fully saturated rings. The van der Waals surface area contributed by atoms with E-state index in [2.05, 4.69) is 5.32 Å². The smallest absolute Gasteiger partial charge is 0.217 e. The van der Waals surface area contributed by atoms with Crippen molar-refractivity contribution in [3.63, 3.8) is 0 Å². The lowest BCUT2D eigenvalue weighted by molar-refractivity contribution is -0.123. The van der Waals surface area contributed by atoms with E-state index in [-0.39, 0.29) is 11.0 Å². The first-order valence-corrected chi connectivity index (χ1v) is 8.45. The summed E-state index contributed by atoms with van der Waals surface area (Å²) in [6.07, 6.45) is 1.35. The van der Waals surface area contributed by atoms with E-state index in [1.165, 1.54) is 18.7 Å². The zero-order chi connectivity index (χ0) is 16.7. The SMILES string of the molecule is CC(=O)NC(CCc1ccccc1)C(=O)Sc1ccc(C)cc1. The van der Waals surface area contributed by atoms with E-state index in [1.807, 2.05) is 61.5 Å². The molecule has 0 radical (unpaired) electrons. The lowest BCUT2D eigenvalue weighted by Crippen LogP contribution is -2.38. The van der Waals surface area contributed by atoms with Gasteiger partial charge < -0.3 is 5.32 Å². The molecule has 0 spiro atoms. The van der Waals surface area contributed by atoms with Gasteiger partial charge in [-0.15, -0.1) is 0 Å². The molecule has 1 amide bonds. The van der Waals surface area contributed by atoms with Crippen molar-refractivity contribution >= 4 is 22.8 Å². The molecule has 23 heavy (non-hydrogen) atoms. The van der Waals surface area contributed by atoms with Crippen molar-refractivity contribution < 1.29 is 9.59 Å². The van der Waals surface area contributed by atoms with Crippen molar-refractivity contribution in [1.82, 2.24) is 5.32 Å². The number of carbonyl (C=O) groups is 2. The van der Waals surface area contributed by atoms with E-state index in [1.54, 1.807) is 0 Å². The van der Waals surface area contributed by atoms with Crippen LogP contribution in [0.15, 0.2) is 59.5 Å². The van der Waals surface area contributed by atoms with Crippen LogP contribution >= 0.6 is 11.8 Å². The number of hydrogen-bond donors (Lipinski definition) is 1. The van der Waals surface area contributed by atoms with Crippen molar-refractivity contribution in [3.05, 3.63) is 65.7 Å². The van der Waals surface area contributed by atoms with Gasteiger partial charge in [0.05, 0.1) is 6.04 Å². The van der Waals surface area contributed by atoms with Gasteiger partial charge in [-0.25, -0.2) is 0 Å². The molecule has 0 saturated heterocycles. The lowest BCUT2D eigenvalue weighted by Gasteiger charge is -2.16. The van der Waals surface area contributed by atoms with Crippen LogP contribution in [0.3, 0.4) is 0 Å². The van der Waals surface area contributed by atoms with E-state index >= 15 is 0 Å². The second kappa shape index (κ2) is 8.53. The maximum Gasteiger partial charge on any atom is 0.217 e. The summed E-state index contributed by atoms with van der Waals surface area (Å²) in [5, 5.41) is 2.74. The summed E-state index contributed by atoms with van der Waals surface area (Å²) in [7, 11) is 0. The topological polar surface area (TPSA) is 46.2 Å². The third kappa shape index (κ3) is 5.91. The van der Waals surface area contributed by atoms with E-state index in [9.17, 15) is 9.59 Å². The van der Waals surface area contributed by atoms with Crippen LogP contribution in [-0.2, 0) is 16.0 Å². The summed E-state index contributed by atoms with van der Waals surface area (Å²) in [5.41, 5.74) is 2.32. The van der Waals surface area contributed by atoms with E-state index in [0.29, 0.717) is 6.42 Å². The predicted molar refractivity (Wildman–Crippen MR) is 94.4 cm³/mol. The number of rotatable bonds is 6.